The van der Waals surface area contributed by atoms with E-state index < -0.39 is 32.7 Å². The van der Waals surface area contributed by atoms with Gasteiger partial charge in [-0.1, -0.05) is 148 Å². The Morgan fingerprint density at radius 2 is 0.917 bits per heavy atom. The molecule has 0 saturated carbocycles. The summed E-state index contributed by atoms with van der Waals surface area (Å²) in [6, 6.07) is 40.0. The zero-order valence-corrected chi connectivity index (χ0v) is 30.7. The molecule has 0 aliphatic rings. The fourth-order valence-corrected chi connectivity index (χ4v) is 16.7. The topological polar surface area (TPSA) is 89.9 Å². The first-order chi connectivity index (χ1) is 22.9. The maximum absolute atomic E-state index is 16.6. The summed E-state index contributed by atoms with van der Waals surface area (Å²) in [6.07, 6.45) is 0. The quantitative estimate of drug-likeness (QED) is 0.131. The SMILES string of the molecule is CCOP(=O)(OCC)c1cc(C(P(=O)(c2ccccc2)c2ccccc2)P(=O)(c2ccccc2)c2ccccc2)cc(C(C)(C)C)c1O. The third-order valence-corrected chi connectivity index (χ3v) is 18.7. The first-order valence-electron chi connectivity index (χ1n) is 16.1. The van der Waals surface area contributed by atoms with Crippen molar-refractivity contribution in [2.75, 3.05) is 13.2 Å². The van der Waals surface area contributed by atoms with Crippen molar-refractivity contribution in [1.29, 1.82) is 0 Å². The largest absolute Gasteiger partial charge is 0.507 e. The Kier molecular flexibility index (Phi) is 10.9. The maximum atomic E-state index is 16.6. The number of phenols is 1. The molecule has 0 bridgehead atoms. The molecule has 5 aromatic rings. The van der Waals surface area contributed by atoms with Crippen LogP contribution >= 0.6 is 21.9 Å². The first-order valence-corrected chi connectivity index (χ1v) is 21.2. The second kappa shape index (κ2) is 14.6. The fraction of sp³-hybridized carbons (Fsp3) is 0.231. The summed E-state index contributed by atoms with van der Waals surface area (Å²) in [5.74, 6) is -0.223. The van der Waals surface area contributed by atoms with Gasteiger partial charge in [-0.15, -0.1) is 0 Å². The average molecular weight is 701 g/mol. The van der Waals surface area contributed by atoms with Gasteiger partial charge in [-0.2, -0.15) is 0 Å². The summed E-state index contributed by atoms with van der Waals surface area (Å²) in [5.41, 5.74) is 0.176. The zero-order valence-electron chi connectivity index (χ0n) is 28.0. The van der Waals surface area contributed by atoms with E-state index in [1.165, 1.54) is 0 Å². The number of hydrogen-bond acceptors (Lipinski definition) is 6. The van der Waals surface area contributed by atoms with E-state index in [0.717, 1.165) is 0 Å². The zero-order chi connectivity index (χ0) is 34.6. The van der Waals surface area contributed by atoms with Gasteiger partial charge in [0.1, 0.15) is 16.5 Å². The monoisotopic (exact) mass is 700 g/mol. The highest BCUT2D eigenvalue weighted by molar-refractivity contribution is 7.94. The van der Waals surface area contributed by atoms with Crippen molar-refractivity contribution in [3.8, 4) is 5.75 Å². The molecule has 6 nitrogen and oxygen atoms in total. The van der Waals surface area contributed by atoms with Gasteiger partial charge in [-0.25, -0.2) is 0 Å². The third kappa shape index (κ3) is 6.71. The second-order valence-corrected chi connectivity index (χ2v) is 20.7. The summed E-state index contributed by atoms with van der Waals surface area (Å²) in [6.45, 7) is 9.33. The lowest BCUT2D eigenvalue weighted by Crippen LogP contribution is -2.29. The van der Waals surface area contributed by atoms with E-state index in [0.29, 0.717) is 32.3 Å². The Hall–Kier alpha value is -3.49. The molecule has 0 aromatic heterocycles. The Morgan fingerprint density at radius 3 is 1.21 bits per heavy atom. The number of rotatable bonds is 12. The lowest BCUT2D eigenvalue weighted by molar-refractivity contribution is 0.229. The predicted molar refractivity (Wildman–Crippen MR) is 200 cm³/mol. The molecule has 9 heteroatoms. The highest BCUT2D eigenvalue weighted by Gasteiger charge is 2.51. The average Bonchev–Trinajstić information content (AvgIpc) is 3.10. The summed E-state index contributed by atoms with van der Waals surface area (Å²) >= 11 is 0. The molecule has 0 aliphatic heterocycles. The van der Waals surface area contributed by atoms with E-state index in [-0.39, 0.29) is 24.3 Å². The van der Waals surface area contributed by atoms with E-state index in [1.807, 2.05) is 142 Å². The van der Waals surface area contributed by atoms with Crippen molar-refractivity contribution in [3.05, 3.63) is 145 Å². The van der Waals surface area contributed by atoms with Gasteiger partial charge in [0.25, 0.3) is 0 Å². The van der Waals surface area contributed by atoms with Gasteiger partial charge in [0.15, 0.2) is 14.3 Å². The van der Waals surface area contributed by atoms with Crippen molar-refractivity contribution in [1.82, 2.24) is 0 Å². The summed E-state index contributed by atoms with van der Waals surface area (Å²) in [7, 11) is -11.9. The van der Waals surface area contributed by atoms with Crippen LogP contribution in [-0.4, -0.2) is 18.3 Å². The van der Waals surface area contributed by atoms with Crippen LogP contribution in [0.4, 0.5) is 0 Å². The van der Waals surface area contributed by atoms with E-state index in [1.54, 1.807) is 26.0 Å². The molecule has 48 heavy (non-hydrogen) atoms. The van der Waals surface area contributed by atoms with Crippen molar-refractivity contribution < 1.29 is 27.8 Å². The normalized spacial score (nSPS) is 12.7. The summed E-state index contributed by atoms with van der Waals surface area (Å²) < 4.78 is 59.3. The van der Waals surface area contributed by atoms with Crippen LogP contribution in [0.3, 0.4) is 0 Å². The molecule has 0 saturated heterocycles. The molecule has 0 fully saturated rings. The van der Waals surface area contributed by atoms with Crippen molar-refractivity contribution in [3.63, 3.8) is 0 Å². The number of phenolic OH excluding ortho intramolecular Hbond substituents is 1. The van der Waals surface area contributed by atoms with Crippen LogP contribution in [0.15, 0.2) is 133 Å². The lowest BCUT2D eigenvalue weighted by Gasteiger charge is -2.37. The van der Waals surface area contributed by atoms with Crippen LogP contribution in [0, 0.1) is 0 Å². The van der Waals surface area contributed by atoms with E-state index in [2.05, 4.69) is 0 Å². The van der Waals surface area contributed by atoms with Crippen LogP contribution in [0.5, 0.6) is 5.75 Å². The summed E-state index contributed by atoms with van der Waals surface area (Å²) in [4.78, 5) is 0. The van der Waals surface area contributed by atoms with E-state index in [4.69, 9.17) is 9.05 Å². The molecular weight excluding hydrogens is 657 g/mol. The molecule has 0 unspecified atom stereocenters. The van der Waals surface area contributed by atoms with Gasteiger partial charge >= 0.3 is 7.60 Å². The molecule has 0 spiro atoms. The smallest absolute Gasteiger partial charge is 0.365 e. The lowest BCUT2D eigenvalue weighted by atomic mass is 9.85. The minimum absolute atomic E-state index is 0.0426. The number of aromatic hydroxyl groups is 1. The standard InChI is InChI=1S/C39H43O6P3/c1-6-44-48(43,45-7-2)36-29-30(28-35(37(36)40)39(3,4)5)38(46(41,31-20-12-8-13-21-31)32-22-14-9-15-23-32)47(42,33-24-16-10-17-25-33)34-26-18-11-19-27-34/h8-29,38,40H,6-7H2,1-5H3. The second-order valence-electron chi connectivity index (χ2n) is 12.6. The minimum atomic E-state index is -4.09. The Balaban J connectivity index is 2.04. The highest BCUT2D eigenvalue weighted by atomic mass is 31.2. The van der Waals surface area contributed by atoms with E-state index >= 15 is 9.13 Å². The molecule has 5 rings (SSSR count). The molecule has 5 aromatic carbocycles. The molecule has 0 radical (unpaired) electrons. The predicted octanol–water partition coefficient (Wildman–Crippen LogP) is 8.61. The van der Waals surface area contributed by atoms with Crippen LogP contribution in [0.2, 0.25) is 0 Å². The number of hydrogen-bond donors (Lipinski definition) is 1. The van der Waals surface area contributed by atoms with Crippen molar-refractivity contribution >= 4 is 48.4 Å². The molecule has 0 atom stereocenters. The molecule has 1 N–H and O–H groups in total. The first kappa shape index (κ1) is 35.8. The van der Waals surface area contributed by atoms with Crippen molar-refractivity contribution in [2.45, 2.75) is 45.4 Å². The van der Waals surface area contributed by atoms with Crippen LogP contribution < -0.4 is 26.5 Å². The molecular formula is C39H43O6P3. The third-order valence-electron chi connectivity index (χ3n) is 8.36. The van der Waals surface area contributed by atoms with Crippen LogP contribution in [0.1, 0.15) is 51.1 Å². The number of benzene rings is 5. The molecule has 0 amide bonds. The Labute approximate surface area is 284 Å². The van der Waals surface area contributed by atoms with Gasteiger partial charge in [-0.05, 0) is 30.9 Å². The maximum Gasteiger partial charge on any atom is 0.365 e. The van der Waals surface area contributed by atoms with Gasteiger partial charge in [0.2, 0.25) is 0 Å². The molecule has 0 heterocycles. The van der Waals surface area contributed by atoms with Crippen molar-refractivity contribution in [2.24, 2.45) is 0 Å². The van der Waals surface area contributed by atoms with E-state index in [9.17, 15) is 9.67 Å². The Bertz CT molecular complexity index is 1780. The van der Waals surface area contributed by atoms with Crippen LogP contribution in [0.25, 0.3) is 0 Å². The van der Waals surface area contributed by atoms with Gasteiger partial charge in [-0.3, -0.25) is 4.57 Å². The minimum Gasteiger partial charge on any atom is -0.507 e. The fourth-order valence-electron chi connectivity index (χ4n) is 6.20. The Morgan fingerprint density at radius 1 is 0.583 bits per heavy atom. The summed E-state index contributed by atoms with van der Waals surface area (Å²) in [5, 5.41) is 12.7. The molecule has 250 valence electrons. The van der Waals surface area contributed by atoms with Crippen LogP contribution in [-0.2, 0) is 28.2 Å². The highest BCUT2D eigenvalue weighted by Crippen LogP contribution is 2.75. The van der Waals surface area contributed by atoms with Gasteiger partial charge in [0, 0.05) is 26.8 Å². The van der Waals surface area contributed by atoms with Gasteiger partial charge in [0.05, 0.1) is 13.2 Å². The van der Waals surface area contributed by atoms with Gasteiger partial charge < -0.3 is 23.3 Å². The molecule has 0 aliphatic carbocycles.